The van der Waals surface area contributed by atoms with Crippen LogP contribution >= 0.6 is 0 Å². The number of hydrogen-bond acceptors (Lipinski definition) is 4. The molecule has 0 aromatic heterocycles. The maximum Gasteiger partial charge on any atom is 0.243 e. The Morgan fingerprint density at radius 3 is 2.36 bits per heavy atom. The Balaban J connectivity index is 2.33. The minimum Gasteiger partial charge on any atom is -0.229 e. The van der Waals surface area contributed by atoms with Crippen molar-refractivity contribution in [2.75, 3.05) is 18.1 Å². The Kier molecular flexibility index (Phi) is 5.29. The van der Waals surface area contributed by atoms with E-state index in [1.54, 1.807) is 24.3 Å². The van der Waals surface area contributed by atoms with Crippen molar-refractivity contribution in [1.29, 1.82) is 0 Å². The Morgan fingerprint density at radius 1 is 1.23 bits per heavy atom. The van der Waals surface area contributed by atoms with Crippen LogP contribution in [0.5, 0.6) is 0 Å². The number of aryl methyl sites for hydroxylation is 1. The number of benzene rings is 1. The first-order valence-electron chi connectivity index (χ1n) is 7.55. The van der Waals surface area contributed by atoms with E-state index in [2.05, 4.69) is 0 Å². The zero-order chi connectivity index (χ0) is 16.4. The lowest BCUT2D eigenvalue weighted by Crippen LogP contribution is -2.41. The van der Waals surface area contributed by atoms with Gasteiger partial charge >= 0.3 is 0 Å². The molecule has 22 heavy (non-hydrogen) atoms. The van der Waals surface area contributed by atoms with E-state index in [1.807, 2.05) is 13.8 Å². The molecule has 7 heteroatoms. The molecule has 0 unspecified atom stereocenters. The number of sulfone groups is 1. The van der Waals surface area contributed by atoms with Gasteiger partial charge in [0.25, 0.3) is 0 Å². The first-order chi connectivity index (χ1) is 10.3. The number of unbranched alkanes of at least 4 members (excludes halogenated alkanes) is 1. The van der Waals surface area contributed by atoms with Crippen LogP contribution in [-0.2, 0) is 19.9 Å². The summed E-state index contributed by atoms with van der Waals surface area (Å²) >= 11 is 0. The van der Waals surface area contributed by atoms with Gasteiger partial charge in [-0.15, -0.1) is 0 Å². The van der Waals surface area contributed by atoms with Gasteiger partial charge in [0, 0.05) is 12.6 Å². The van der Waals surface area contributed by atoms with Crippen LogP contribution in [0.2, 0.25) is 0 Å². The SMILES string of the molecule is CCCCN([C@@H]1CCS(=O)(=O)C1)S(=O)(=O)c1ccc(C)cc1. The summed E-state index contributed by atoms with van der Waals surface area (Å²) in [4.78, 5) is 0.235. The average Bonchev–Trinajstić information content (AvgIpc) is 2.79. The zero-order valence-electron chi connectivity index (χ0n) is 13.0. The third kappa shape index (κ3) is 3.88. The fraction of sp³-hybridized carbons (Fsp3) is 0.600. The summed E-state index contributed by atoms with van der Waals surface area (Å²) in [5, 5.41) is 0. The van der Waals surface area contributed by atoms with E-state index < -0.39 is 25.9 Å². The summed E-state index contributed by atoms with van der Waals surface area (Å²) in [7, 11) is -6.78. The van der Waals surface area contributed by atoms with Gasteiger partial charge in [0.1, 0.15) is 0 Å². The standard InChI is InChI=1S/C15H23NO4S2/c1-3-4-10-16(14-9-11-21(17,18)12-14)22(19,20)15-7-5-13(2)6-8-15/h5-8,14H,3-4,9-12H2,1-2H3/t14-/m1/s1. The van der Waals surface area contributed by atoms with Crippen molar-refractivity contribution >= 4 is 19.9 Å². The van der Waals surface area contributed by atoms with Crippen molar-refractivity contribution < 1.29 is 16.8 Å². The van der Waals surface area contributed by atoms with Gasteiger partial charge in [0.05, 0.1) is 16.4 Å². The van der Waals surface area contributed by atoms with E-state index in [0.717, 1.165) is 18.4 Å². The minimum absolute atomic E-state index is 0.0677. The second-order valence-electron chi connectivity index (χ2n) is 5.84. The molecule has 0 bridgehead atoms. The van der Waals surface area contributed by atoms with Gasteiger partial charge in [-0.05, 0) is 31.9 Å². The molecule has 0 spiro atoms. The second-order valence-corrected chi connectivity index (χ2v) is 9.96. The molecule has 1 aromatic carbocycles. The predicted octanol–water partition coefficient (Wildman–Crippen LogP) is 1.97. The lowest BCUT2D eigenvalue weighted by molar-refractivity contribution is 0.335. The Labute approximate surface area is 133 Å². The number of sulfonamides is 1. The van der Waals surface area contributed by atoms with Gasteiger partial charge in [0.15, 0.2) is 9.84 Å². The van der Waals surface area contributed by atoms with Crippen molar-refractivity contribution in [2.24, 2.45) is 0 Å². The molecule has 1 aliphatic heterocycles. The molecule has 0 radical (unpaired) electrons. The van der Waals surface area contributed by atoms with Crippen LogP contribution < -0.4 is 0 Å². The number of nitrogens with zero attached hydrogens (tertiary/aromatic N) is 1. The first-order valence-corrected chi connectivity index (χ1v) is 10.8. The molecule has 2 rings (SSSR count). The fourth-order valence-corrected chi connectivity index (χ4v) is 6.18. The summed E-state index contributed by atoms with van der Waals surface area (Å²) in [6, 6.07) is 6.26. The number of rotatable bonds is 6. The Morgan fingerprint density at radius 2 is 1.86 bits per heavy atom. The normalized spacial score (nSPS) is 21.3. The van der Waals surface area contributed by atoms with Crippen LogP contribution in [0.25, 0.3) is 0 Å². The minimum atomic E-state index is -3.65. The molecule has 1 fully saturated rings. The molecule has 1 heterocycles. The molecule has 1 aliphatic rings. The van der Waals surface area contributed by atoms with Gasteiger partial charge in [-0.2, -0.15) is 4.31 Å². The van der Waals surface area contributed by atoms with Crippen LogP contribution in [0.1, 0.15) is 31.7 Å². The van der Waals surface area contributed by atoms with Crippen molar-refractivity contribution in [1.82, 2.24) is 4.31 Å². The van der Waals surface area contributed by atoms with Crippen LogP contribution in [0.3, 0.4) is 0 Å². The van der Waals surface area contributed by atoms with E-state index in [0.29, 0.717) is 13.0 Å². The topological polar surface area (TPSA) is 71.5 Å². The third-order valence-electron chi connectivity index (χ3n) is 3.98. The molecule has 124 valence electrons. The second kappa shape index (κ2) is 6.68. The largest absolute Gasteiger partial charge is 0.243 e. The molecule has 0 amide bonds. The summed E-state index contributed by atoms with van der Waals surface area (Å²) in [6.45, 7) is 4.25. The van der Waals surface area contributed by atoms with Gasteiger partial charge in [-0.3, -0.25) is 0 Å². The van der Waals surface area contributed by atoms with Gasteiger partial charge in [-0.1, -0.05) is 31.0 Å². The average molecular weight is 345 g/mol. The lowest BCUT2D eigenvalue weighted by Gasteiger charge is -2.27. The third-order valence-corrected chi connectivity index (χ3v) is 7.69. The predicted molar refractivity (Wildman–Crippen MR) is 87.0 cm³/mol. The van der Waals surface area contributed by atoms with Crippen LogP contribution in [0.4, 0.5) is 0 Å². The van der Waals surface area contributed by atoms with Crippen LogP contribution in [0, 0.1) is 6.92 Å². The number of hydrogen-bond donors (Lipinski definition) is 0. The highest BCUT2D eigenvalue weighted by Gasteiger charge is 2.38. The molecule has 5 nitrogen and oxygen atoms in total. The lowest BCUT2D eigenvalue weighted by atomic mass is 10.2. The maximum absolute atomic E-state index is 12.9. The molecular formula is C15H23NO4S2. The van der Waals surface area contributed by atoms with E-state index in [4.69, 9.17) is 0 Å². The summed E-state index contributed by atoms with van der Waals surface area (Å²) < 4.78 is 50.6. The molecule has 0 aliphatic carbocycles. The van der Waals surface area contributed by atoms with E-state index >= 15 is 0 Å². The van der Waals surface area contributed by atoms with E-state index in [9.17, 15) is 16.8 Å². The quantitative estimate of drug-likeness (QED) is 0.790. The smallest absolute Gasteiger partial charge is 0.229 e. The first kappa shape index (κ1) is 17.4. The highest BCUT2D eigenvalue weighted by atomic mass is 32.2. The highest BCUT2D eigenvalue weighted by molar-refractivity contribution is 7.92. The van der Waals surface area contributed by atoms with Crippen LogP contribution in [-0.4, -0.2) is 45.2 Å². The molecule has 1 aromatic rings. The highest BCUT2D eigenvalue weighted by Crippen LogP contribution is 2.25. The van der Waals surface area contributed by atoms with Gasteiger partial charge in [0.2, 0.25) is 10.0 Å². The Hall–Kier alpha value is -0.920. The fourth-order valence-electron chi connectivity index (χ4n) is 2.66. The van der Waals surface area contributed by atoms with Crippen LogP contribution in [0.15, 0.2) is 29.2 Å². The van der Waals surface area contributed by atoms with E-state index in [-0.39, 0.29) is 16.4 Å². The van der Waals surface area contributed by atoms with E-state index in [1.165, 1.54) is 4.31 Å². The Bertz CT molecular complexity index is 708. The summed E-state index contributed by atoms with van der Waals surface area (Å²) in [5.74, 6) is 0.00547. The monoisotopic (exact) mass is 345 g/mol. The van der Waals surface area contributed by atoms with Crippen molar-refractivity contribution in [2.45, 2.75) is 44.0 Å². The molecule has 0 saturated carbocycles. The summed E-state index contributed by atoms with van der Waals surface area (Å²) in [5.41, 5.74) is 0.988. The zero-order valence-corrected chi connectivity index (χ0v) is 14.7. The van der Waals surface area contributed by atoms with Gasteiger partial charge < -0.3 is 0 Å². The van der Waals surface area contributed by atoms with Crippen molar-refractivity contribution in [3.63, 3.8) is 0 Å². The maximum atomic E-state index is 12.9. The van der Waals surface area contributed by atoms with Gasteiger partial charge in [-0.25, -0.2) is 16.8 Å². The molecule has 0 N–H and O–H groups in total. The van der Waals surface area contributed by atoms with Crippen molar-refractivity contribution in [3.05, 3.63) is 29.8 Å². The molecule has 1 saturated heterocycles. The summed E-state index contributed by atoms with van der Waals surface area (Å²) in [6.07, 6.45) is 1.97. The molecule has 1 atom stereocenters. The molecular weight excluding hydrogens is 322 g/mol. The van der Waals surface area contributed by atoms with Crippen molar-refractivity contribution in [3.8, 4) is 0 Å².